The van der Waals surface area contributed by atoms with Crippen molar-refractivity contribution >= 4 is 23.2 Å². The number of hydrogen-bond acceptors (Lipinski definition) is 6. The number of amides is 1. The number of carbonyl (C=O) groups is 1. The lowest BCUT2D eigenvalue weighted by Crippen LogP contribution is -2.34. The normalized spacial score (nSPS) is 16.4. The van der Waals surface area contributed by atoms with Crippen molar-refractivity contribution in [3.05, 3.63) is 70.7 Å². The Bertz CT molecular complexity index is 1250. The lowest BCUT2D eigenvalue weighted by Gasteiger charge is -2.23. The van der Waals surface area contributed by atoms with E-state index in [9.17, 15) is 4.79 Å². The molecule has 0 spiro atoms. The molecule has 0 saturated carbocycles. The van der Waals surface area contributed by atoms with E-state index in [1.165, 1.54) is 0 Å². The van der Waals surface area contributed by atoms with Crippen molar-refractivity contribution in [1.82, 2.24) is 4.90 Å². The molecule has 1 N–H and O–H groups in total. The number of rotatable bonds is 2. The zero-order chi connectivity index (χ0) is 24.9. The highest BCUT2D eigenvalue weighted by Gasteiger charge is 2.20. The van der Waals surface area contributed by atoms with Gasteiger partial charge in [0, 0.05) is 11.6 Å². The third-order valence-electron chi connectivity index (χ3n) is 6.25. The molecule has 0 radical (unpaired) electrons. The Morgan fingerprint density at radius 1 is 0.889 bits per heavy atom. The van der Waals surface area contributed by atoms with Crippen LogP contribution >= 0.6 is 11.6 Å². The molecule has 0 saturated heterocycles. The summed E-state index contributed by atoms with van der Waals surface area (Å²) in [6.45, 7) is 4.50. The number of anilines is 1. The molecule has 2 aliphatic rings. The SMILES string of the molecule is Cc1cc2c(cc1CN1CCCCCOc3ccccc3Oc3ccc(Cl)cc3NC(=O)C1)OCO2. The predicted molar refractivity (Wildman–Crippen MR) is 139 cm³/mol. The van der Waals surface area contributed by atoms with Crippen LogP contribution in [0, 0.1) is 6.92 Å². The zero-order valence-electron chi connectivity index (χ0n) is 20.2. The molecule has 2 aliphatic heterocycles. The van der Waals surface area contributed by atoms with Crippen LogP contribution in [0.4, 0.5) is 5.69 Å². The highest BCUT2D eigenvalue weighted by molar-refractivity contribution is 6.31. The van der Waals surface area contributed by atoms with Crippen LogP contribution in [0.15, 0.2) is 54.6 Å². The van der Waals surface area contributed by atoms with E-state index >= 15 is 0 Å². The van der Waals surface area contributed by atoms with Crippen LogP contribution < -0.4 is 24.3 Å². The minimum atomic E-state index is -0.139. The summed E-state index contributed by atoms with van der Waals surface area (Å²) in [5.74, 6) is 3.12. The van der Waals surface area contributed by atoms with Gasteiger partial charge in [-0.3, -0.25) is 9.69 Å². The lowest BCUT2D eigenvalue weighted by molar-refractivity contribution is -0.117. The van der Waals surface area contributed by atoms with E-state index in [1.54, 1.807) is 18.2 Å². The number of hydrogen-bond donors (Lipinski definition) is 1. The fraction of sp³-hybridized carbons (Fsp3) is 0.321. The van der Waals surface area contributed by atoms with Gasteiger partial charge in [-0.25, -0.2) is 0 Å². The fourth-order valence-electron chi connectivity index (χ4n) is 4.36. The van der Waals surface area contributed by atoms with Gasteiger partial charge in [0.25, 0.3) is 0 Å². The second-order valence-corrected chi connectivity index (χ2v) is 9.43. The van der Waals surface area contributed by atoms with Crippen LogP contribution in [0.2, 0.25) is 5.02 Å². The first-order chi connectivity index (χ1) is 17.5. The number of aryl methyl sites for hydroxylation is 1. The van der Waals surface area contributed by atoms with Gasteiger partial charge in [0.2, 0.25) is 12.7 Å². The van der Waals surface area contributed by atoms with Gasteiger partial charge in [0.1, 0.15) is 0 Å². The molecular formula is C28H29ClN2O5. The zero-order valence-corrected chi connectivity index (χ0v) is 21.0. The smallest absolute Gasteiger partial charge is 0.238 e. The molecule has 0 bridgehead atoms. The topological polar surface area (TPSA) is 69.3 Å². The number of ether oxygens (including phenoxy) is 4. The molecule has 188 valence electrons. The maximum atomic E-state index is 13.2. The van der Waals surface area contributed by atoms with Crippen molar-refractivity contribution in [2.24, 2.45) is 0 Å². The molecule has 0 aromatic heterocycles. The standard InChI is InChI=1S/C28H29ClN2O5/c1-19-13-26-27(35-18-34-26)14-20(19)16-31-11-5-2-6-12-33-24-7-3-4-8-25(24)36-23-10-9-21(29)15-22(23)30-28(32)17-31/h3-4,7-10,13-15H,2,5-6,11-12,16-18H2,1H3,(H,30,32). The molecule has 3 aromatic rings. The average Bonchev–Trinajstić information content (AvgIpc) is 3.30. The van der Waals surface area contributed by atoms with E-state index in [0.717, 1.165) is 48.4 Å². The monoisotopic (exact) mass is 508 g/mol. The molecule has 0 atom stereocenters. The van der Waals surface area contributed by atoms with Crippen LogP contribution in [0.3, 0.4) is 0 Å². The Balaban J connectivity index is 1.39. The third-order valence-corrected chi connectivity index (χ3v) is 6.49. The van der Waals surface area contributed by atoms with Crippen LogP contribution in [0.1, 0.15) is 30.4 Å². The van der Waals surface area contributed by atoms with E-state index in [0.29, 0.717) is 41.1 Å². The third kappa shape index (κ3) is 5.86. The van der Waals surface area contributed by atoms with Gasteiger partial charge >= 0.3 is 0 Å². The summed E-state index contributed by atoms with van der Waals surface area (Å²) in [5, 5.41) is 3.51. The second kappa shape index (κ2) is 11.1. The molecule has 3 aromatic carbocycles. The van der Waals surface area contributed by atoms with Crippen LogP contribution in [0.5, 0.6) is 28.7 Å². The molecular weight excluding hydrogens is 480 g/mol. The maximum Gasteiger partial charge on any atom is 0.238 e. The van der Waals surface area contributed by atoms with E-state index in [2.05, 4.69) is 17.1 Å². The number of fused-ring (bicyclic) bond motifs is 3. The van der Waals surface area contributed by atoms with Gasteiger partial charge in [0.15, 0.2) is 28.7 Å². The average molecular weight is 509 g/mol. The molecule has 0 fully saturated rings. The first-order valence-corrected chi connectivity index (χ1v) is 12.5. The minimum Gasteiger partial charge on any atom is -0.490 e. The van der Waals surface area contributed by atoms with Crippen LogP contribution in [0.25, 0.3) is 0 Å². The summed E-state index contributed by atoms with van der Waals surface area (Å²) in [4.78, 5) is 15.3. The summed E-state index contributed by atoms with van der Waals surface area (Å²) < 4.78 is 23.3. The quantitative estimate of drug-likeness (QED) is 0.446. The molecule has 2 heterocycles. The van der Waals surface area contributed by atoms with Crippen molar-refractivity contribution in [1.29, 1.82) is 0 Å². The number of nitrogens with zero attached hydrogens (tertiary/aromatic N) is 1. The maximum absolute atomic E-state index is 13.2. The summed E-state index contributed by atoms with van der Waals surface area (Å²) in [6.07, 6.45) is 2.83. The number of halogens is 1. The summed E-state index contributed by atoms with van der Waals surface area (Å²) in [7, 11) is 0. The number of carbonyl (C=O) groups excluding carboxylic acids is 1. The van der Waals surface area contributed by atoms with E-state index in [-0.39, 0.29) is 19.2 Å². The number of nitrogens with one attached hydrogen (secondary N) is 1. The second-order valence-electron chi connectivity index (χ2n) is 8.99. The Morgan fingerprint density at radius 2 is 1.69 bits per heavy atom. The summed E-state index contributed by atoms with van der Waals surface area (Å²) in [6, 6.07) is 16.7. The van der Waals surface area contributed by atoms with Crippen LogP contribution in [-0.4, -0.2) is 37.3 Å². The molecule has 36 heavy (non-hydrogen) atoms. The first kappa shape index (κ1) is 24.3. The van der Waals surface area contributed by atoms with Crippen LogP contribution in [-0.2, 0) is 11.3 Å². The number of benzene rings is 3. The van der Waals surface area contributed by atoms with E-state index < -0.39 is 0 Å². The van der Waals surface area contributed by atoms with E-state index in [1.807, 2.05) is 36.4 Å². The summed E-state index contributed by atoms with van der Waals surface area (Å²) >= 11 is 6.26. The van der Waals surface area contributed by atoms with Crippen molar-refractivity contribution < 1.29 is 23.7 Å². The molecule has 0 unspecified atom stereocenters. The van der Waals surface area contributed by atoms with Gasteiger partial charge in [-0.15, -0.1) is 0 Å². The van der Waals surface area contributed by atoms with Gasteiger partial charge in [-0.05, 0) is 86.3 Å². The predicted octanol–water partition coefficient (Wildman–Crippen LogP) is 6.17. The highest BCUT2D eigenvalue weighted by Crippen LogP contribution is 2.37. The van der Waals surface area contributed by atoms with Gasteiger partial charge in [-0.2, -0.15) is 0 Å². The Kier molecular flexibility index (Phi) is 7.49. The first-order valence-electron chi connectivity index (χ1n) is 12.2. The van der Waals surface area contributed by atoms with Gasteiger partial charge < -0.3 is 24.3 Å². The van der Waals surface area contributed by atoms with Crippen molar-refractivity contribution in [2.45, 2.75) is 32.7 Å². The number of para-hydroxylation sites is 2. The Labute approximate surface area is 215 Å². The Morgan fingerprint density at radius 3 is 2.56 bits per heavy atom. The lowest BCUT2D eigenvalue weighted by atomic mass is 10.1. The largest absolute Gasteiger partial charge is 0.490 e. The van der Waals surface area contributed by atoms with Gasteiger partial charge in [-0.1, -0.05) is 23.7 Å². The van der Waals surface area contributed by atoms with Crippen molar-refractivity contribution in [2.75, 3.05) is 31.8 Å². The van der Waals surface area contributed by atoms with Gasteiger partial charge in [0.05, 0.1) is 18.8 Å². The van der Waals surface area contributed by atoms with Crippen molar-refractivity contribution in [3.8, 4) is 28.7 Å². The van der Waals surface area contributed by atoms with Crippen molar-refractivity contribution in [3.63, 3.8) is 0 Å². The Hall–Kier alpha value is -3.42. The molecule has 0 aliphatic carbocycles. The molecule has 7 nitrogen and oxygen atoms in total. The highest BCUT2D eigenvalue weighted by atomic mass is 35.5. The molecule has 1 amide bonds. The van der Waals surface area contributed by atoms with E-state index in [4.69, 9.17) is 30.5 Å². The minimum absolute atomic E-state index is 0.139. The molecule has 8 heteroatoms. The fourth-order valence-corrected chi connectivity index (χ4v) is 4.53. The molecule has 5 rings (SSSR count). The summed E-state index contributed by atoms with van der Waals surface area (Å²) in [5.41, 5.74) is 2.72.